The maximum absolute atomic E-state index is 13.6. The van der Waals surface area contributed by atoms with Crippen LogP contribution in [0.2, 0.25) is 0 Å². The van der Waals surface area contributed by atoms with Crippen molar-refractivity contribution in [3.8, 4) is 22.6 Å². The number of imidazole rings is 1. The second-order valence-corrected chi connectivity index (χ2v) is 8.17. The van der Waals surface area contributed by atoms with Gasteiger partial charge in [-0.2, -0.15) is 0 Å². The number of halogens is 1. The summed E-state index contributed by atoms with van der Waals surface area (Å²) in [6, 6.07) is 12.6. The minimum Gasteiger partial charge on any atom is -0.357 e. The third-order valence-electron chi connectivity index (χ3n) is 5.93. The quantitative estimate of drug-likeness (QED) is 0.523. The number of fused-ring (bicyclic) bond motifs is 1. The molecule has 0 atom stereocenters. The first-order chi connectivity index (χ1) is 15.6. The number of nitrogens with zero attached hydrogens (tertiary/aromatic N) is 6. The zero-order valence-corrected chi connectivity index (χ0v) is 18.3. The smallest absolute Gasteiger partial charge is 0.222 e. The first-order valence-corrected chi connectivity index (χ1v) is 10.8. The van der Waals surface area contributed by atoms with Crippen molar-refractivity contribution in [2.75, 3.05) is 45.6 Å². The van der Waals surface area contributed by atoms with Crippen LogP contribution >= 0.6 is 0 Å². The highest BCUT2D eigenvalue weighted by molar-refractivity contribution is 5.80. The number of aromatic nitrogens is 4. The van der Waals surface area contributed by atoms with Gasteiger partial charge in [0.1, 0.15) is 11.5 Å². The van der Waals surface area contributed by atoms with Crippen molar-refractivity contribution in [3.05, 3.63) is 66.2 Å². The lowest BCUT2D eigenvalue weighted by atomic mass is 10.1. The van der Waals surface area contributed by atoms with Crippen molar-refractivity contribution in [1.82, 2.24) is 29.2 Å². The molecule has 4 heterocycles. The number of hydrogen-bond acceptors (Lipinski definition) is 6. The normalized spacial score (nSPS) is 15.3. The van der Waals surface area contributed by atoms with Crippen molar-refractivity contribution >= 4 is 11.6 Å². The van der Waals surface area contributed by atoms with Gasteiger partial charge >= 0.3 is 0 Å². The maximum atomic E-state index is 13.6. The fourth-order valence-electron chi connectivity index (χ4n) is 4.11. The lowest BCUT2D eigenvalue weighted by Crippen LogP contribution is -2.43. The Balaban J connectivity index is 1.59. The highest BCUT2D eigenvalue weighted by atomic mass is 19.1. The molecule has 3 aromatic heterocycles. The predicted octanol–water partition coefficient (Wildman–Crippen LogP) is 3.39. The molecule has 1 aromatic carbocycles. The maximum Gasteiger partial charge on any atom is 0.222 e. The Morgan fingerprint density at radius 2 is 1.78 bits per heavy atom. The molecule has 1 aliphatic rings. The molecule has 0 spiro atoms. The van der Waals surface area contributed by atoms with Gasteiger partial charge in [-0.1, -0.05) is 0 Å². The number of anilines is 1. The Hall–Kier alpha value is -3.36. The molecule has 164 valence electrons. The molecule has 1 aliphatic heterocycles. The van der Waals surface area contributed by atoms with E-state index in [1.807, 2.05) is 10.5 Å². The minimum absolute atomic E-state index is 0.270. The summed E-state index contributed by atoms with van der Waals surface area (Å²) >= 11 is 0. The van der Waals surface area contributed by atoms with Crippen molar-refractivity contribution in [2.24, 2.45) is 0 Å². The predicted molar refractivity (Wildman–Crippen MR) is 124 cm³/mol. The molecule has 0 unspecified atom stereocenters. The van der Waals surface area contributed by atoms with Crippen LogP contribution in [-0.4, -0.2) is 69.4 Å². The number of nitrogens with one attached hydrogen (secondary N) is 1. The van der Waals surface area contributed by atoms with Crippen LogP contribution in [0.4, 0.5) is 10.3 Å². The molecule has 0 aliphatic carbocycles. The van der Waals surface area contributed by atoms with Gasteiger partial charge in [-0.3, -0.25) is 9.30 Å². The van der Waals surface area contributed by atoms with Crippen molar-refractivity contribution < 1.29 is 4.39 Å². The summed E-state index contributed by atoms with van der Waals surface area (Å²) in [4.78, 5) is 18.6. The highest BCUT2D eigenvalue weighted by Crippen LogP contribution is 2.32. The number of hydrogen-bond donors (Lipinski definition) is 1. The molecule has 5 rings (SSSR count). The topological polar surface area (TPSA) is 61.6 Å². The Morgan fingerprint density at radius 3 is 2.53 bits per heavy atom. The molecule has 7 nitrogen and oxygen atoms in total. The summed E-state index contributed by atoms with van der Waals surface area (Å²) < 4.78 is 15.6. The van der Waals surface area contributed by atoms with E-state index in [9.17, 15) is 4.39 Å². The van der Waals surface area contributed by atoms with E-state index in [0.29, 0.717) is 5.95 Å². The van der Waals surface area contributed by atoms with Crippen molar-refractivity contribution in [2.45, 2.75) is 6.54 Å². The van der Waals surface area contributed by atoms with E-state index < -0.39 is 0 Å². The van der Waals surface area contributed by atoms with Gasteiger partial charge in [0.2, 0.25) is 5.95 Å². The monoisotopic (exact) mass is 431 g/mol. The van der Waals surface area contributed by atoms with E-state index in [0.717, 1.165) is 61.0 Å². The van der Waals surface area contributed by atoms with E-state index >= 15 is 0 Å². The lowest BCUT2D eigenvalue weighted by molar-refractivity contribution is 0.148. The van der Waals surface area contributed by atoms with E-state index in [1.54, 1.807) is 25.4 Å². The van der Waals surface area contributed by atoms with Gasteiger partial charge in [-0.15, -0.1) is 0 Å². The molecule has 32 heavy (non-hydrogen) atoms. The SMILES string of the molecule is CNc1nccc(-c2c(-c3ccc(F)cc3)nc3cc(CN4CCN(C)CC4)ccn23)n1. The number of benzene rings is 1. The van der Waals surface area contributed by atoms with E-state index in [2.05, 4.69) is 50.5 Å². The van der Waals surface area contributed by atoms with Gasteiger partial charge in [0.25, 0.3) is 0 Å². The summed E-state index contributed by atoms with van der Waals surface area (Å²) in [6.07, 6.45) is 3.78. The Kier molecular flexibility index (Phi) is 5.55. The van der Waals surface area contributed by atoms with E-state index in [4.69, 9.17) is 4.98 Å². The molecule has 8 heteroatoms. The van der Waals surface area contributed by atoms with Crippen LogP contribution in [0.3, 0.4) is 0 Å². The standard InChI is InChI=1S/C24H26FN7/c1-26-24-27-9-7-20(28-24)23-22(18-3-5-19(25)6-4-18)29-21-15-17(8-10-32(21)23)16-31-13-11-30(2)12-14-31/h3-10,15H,11-14,16H2,1-2H3,(H,26,27,28). The van der Waals surface area contributed by atoms with E-state index in [1.165, 1.54) is 17.7 Å². The van der Waals surface area contributed by atoms with E-state index in [-0.39, 0.29) is 5.82 Å². The minimum atomic E-state index is -0.270. The first-order valence-electron chi connectivity index (χ1n) is 10.8. The van der Waals surface area contributed by atoms with Crippen LogP contribution < -0.4 is 5.32 Å². The summed E-state index contributed by atoms with van der Waals surface area (Å²) in [5, 5.41) is 2.99. The van der Waals surface area contributed by atoms with Crippen molar-refractivity contribution in [3.63, 3.8) is 0 Å². The molecule has 1 N–H and O–H groups in total. The Bertz CT molecular complexity index is 1230. The highest BCUT2D eigenvalue weighted by Gasteiger charge is 2.19. The van der Waals surface area contributed by atoms with Gasteiger partial charge in [0, 0.05) is 57.7 Å². The van der Waals surface area contributed by atoms with Gasteiger partial charge in [0.05, 0.1) is 17.1 Å². The number of piperazine rings is 1. The summed E-state index contributed by atoms with van der Waals surface area (Å²) in [5.41, 5.74) is 5.29. The molecule has 1 saturated heterocycles. The number of pyridine rings is 1. The first kappa shape index (κ1) is 20.5. The summed E-state index contributed by atoms with van der Waals surface area (Å²) in [6.45, 7) is 5.21. The van der Waals surface area contributed by atoms with Crippen LogP contribution in [0.25, 0.3) is 28.3 Å². The molecule has 0 saturated carbocycles. The lowest BCUT2D eigenvalue weighted by Gasteiger charge is -2.32. The third kappa shape index (κ3) is 4.06. The number of rotatable bonds is 5. The average molecular weight is 432 g/mol. The molecule has 0 amide bonds. The second kappa shape index (κ2) is 8.64. The molecule has 1 fully saturated rings. The number of likely N-dealkylation sites (N-methyl/N-ethyl adjacent to an activating group) is 1. The van der Waals surface area contributed by atoms with Gasteiger partial charge in [-0.05, 0) is 55.1 Å². The van der Waals surface area contributed by atoms with Gasteiger partial charge in [-0.25, -0.2) is 19.3 Å². The third-order valence-corrected chi connectivity index (χ3v) is 5.93. The van der Waals surface area contributed by atoms with Crippen LogP contribution in [0, 0.1) is 5.82 Å². The fourth-order valence-corrected chi connectivity index (χ4v) is 4.11. The summed E-state index contributed by atoms with van der Waals surface area (Å²) in [5.74, 6) is 0.266. The zero-order chi connectivity index (χ0) is 22.1. The molecular weight excluding hydrogens is 405 g/mol. The van der Waals surface area contributed by atoms with Gasteiger partial charge < -0.3 is 10.2 Å². The van der Waals surface area contributed by atoms with Crippen LogP contribution in [-0.2, 0) is 6.54 Å². The van der Waals surface area contributed by atoms with Crippen molar-refractivity contribution in [1.29, 1.82) is 0 Å². The molecule has 4 aromatic rings. The molecule has 0 radical (unpaired) electrons. The van der Waals surface area contributed by atoms with Crippen LogP contribution in [0.1, 0.15) is 5.56 Å². The molecule has 0 bridgehead atoms. The average Bonchev–Trinajstić information content (AvgIpc) is 3.20. The Morgan fingerprint density at radius 1 is 1.00 bits per heavy atom. The van der Waals surface area contributed by atoms with Gasteiger partial charge in [0.15, 0.2) is 0 Å². The Labute approximate surface area is 186 Å². The second-order valence-electron chi connectivity index (χ2n) is 8.17. The fraction of sp³-hybridized carbons (Fsp3) is 0.292. The van der Waals surface area contributed by atoms with Crippen LogP contribution in [0.5, 0.6) is 0 Å². The zero-order valence-electron chi connectivity index (χ0n) is 18.3. The molecular formula is C24H26FN7. The summed E-state index contributed by atoms with van der Waals surface area (Å²) in [7, 11) is 3.96. The van der Waals surface area contributed by atoms with Crippen LogP contribution in [0.15, 0.2) is 54.9 Å². The largest absolute Gasteiger partial charge is 0.357 e.